The molecule has 0 fully saturated rings. The van der Waals surface area contributed by atoms with Crippen LogP contribution in [0.4, 0.5) is 5.82 Å². The third-order valence-electron chi connectivity index (χ3n) is 2.96. The van der Waals surface area contributed by atoms with Gasteiger partial charge < -0.3 is 10.3 Å². The van der Waals surface area contributed by atoms with E-state index in [1.807, 2.05) is 6.07 Å². The zero-order valence-corrected chi connectivity index (χ0v) is 12.3. The molecule has 104 valence electrons. The summed E-state index contributed by atoms with van der Waals surface area (Å²) in [6.07, 6.45) is 1.59. The lowest BCUT2D eigenvalue weighted by Gasteiger charge is -2.07. The summed E-state index contributed by atoms with van der Waals surface area (Å²) in [5.41, 5.74) is 0.626. The summed E-state index contributed by atoms with van der Waals surface area (Å²) in [7, 11) is 0. The van der Waals surface area contributed by atoms with Crippen molar-refractivity contribution in [3.05, 3.63) is 69.1 Å². The van der Waals surface area contributed by atoms with Gasteiger partial charge in [0.2, 0.25) is 5.56 Å². The molecule has 2 N–H and O–H groups in total. The number of carbonyl (C=O) groups is 1. The number of pyridine rings is 2. The first-order chi connectivity index (χ1) is 10.1. The average molecular weight is 344 g/mol. The van der Waals surface area contributed by atoms with Gasteiger partial charge in [0.1, 0.15) is 5.82 Å². The van der Waals surface area contributed by atoms with Gasteiger partial charge in [-0.3, -0.25) is 9.59 Å². The second-order valence-corrected chi connectivity index (χ2v) is 5.32. The molecule has 2 heterocycles. The Kier molecular flexibility index (Phi) is 3.53. The van der Waals surface area contributed by atoms with Crippen LogP contribution in [0.3, 0.4) is 0 Å². The van der Waals surface area contributed by atoms with Gasteiger partial charge in [-0.15, -0.1) is 0 Å². The number of rotatable bonds is 2. The highest BCUT2D eigenvalue weighted by Crippen LogP contribution is 2.16. The van der Waals surface area contributed by atoms with E-state index in [1.54, 1.807) is 36.5 Å². The Morgan fingerprint density at radius 2 is 2.00 bits per heavy atom. The van der Waals surface area contributed by atoms with E-state index in [4.69, 9.17) is 0 Å². The number of hydrogen-bond acceptors (Lipinski definition) is 3. The molecule has 0 aliphatic heterocycles. The quantitative estimate of drug-likeness (QED) is 0.751. The number of nitrogens with zero attached hydrogens (tertiary/aromatic N) is 1. The van der Waals surface area contributed by atoms with E-state index < -0.39 is 0 Å². The summed E-state index contributed by atoms with van der Waals surface area (Å²) in [5.74, 6) is 0.0553. The molecule has 0 bridgehead atoms. The van der Waals surface area contributed by atoms with Gasteiger partial charge in [0.25, 0.3) is 5.91 Å². The number of halogens is 1. The first-order valence-electron chi connectivity index (χ1n) is 6.18. The lowest BCUT2D eigenvalue weighted by molar-refractivity contribution is 0.102. The highest BCUT2D eigenvalue weighted by Gasteiger charge is 2.12. The SMILES string of the molecule is O=C(Nc1ccc(Br)cn1)c1cc(=O)[nH]c2ccccc12. The number of aromatic nitrogens is 2. The molecule has 0 unspecified atom stereocenters. The molecule has 0 saturated carbocycles. The van der Waals surface area contributed by atoms with Crippen molar-refractivity contribution in [2.24, 2.45) is 0 Å². The standard InChI is InChI=1S/C15H10BrN3O2/c16-9-5-6-13(17-8-9)19-15(21)11-7-14(20)18-12-4-2-1-3-10(11)12/h1-8H,(H,18,20)(H,17,19,21). The Morgan fingerprint density at radius 1 is 1.19 bits per heavy atom. The molecule has 0 spiro atoms. The molecule has 21 heavy (non-hydrogen) atoms. The fourth-order valence-electron chi connectivity index (χ4n) is 2.03. The van der Waals surface area contributed by atoms with Crippen molar-refractivity contribution in [1.29, 1.82) is 0 Å². The van der Waals surface area contributed by atoms with Crippen LogP contribution in [-0.4, -0.2) is 15.9 Å². The summed E-state index contributed by atoms with van der Waals surface area (Å²) < 4.78 is 0.821. The lowest BCUT2D eigenvalue weighted by atomic mass is 10.1. The van der Waals surface area contributed by atoms with Crippen molar-refractivity contribution in [3.8, 4) is 0 Å². The Morgan fingerprint density at radius 3 is 2.76 bits per heavy atom. The largest absolute Gasteiger partial charge is 0.322 e. The van der Waals surface area contributed by atoms with E-state index in [1.165, 1.54) is 6.07 Å². The number of carbonyl (C=O) groups excluding carboxylic acids is 1. The molecular formula is C15H10BrN3O2. The molecule has 0 atom stereocenters. The Hall–Kier alpha value is -2.47. The molecule has 1 amide bonds. The molecule has 1 aromatic carbocycles. The number of amides is 1. The summed E-state index contributed by atoms with van der Waals surface area (Å²) in [6.45, 7) is 0. The number of para-hydroxylation sites is 1. The first-order valence-corrected chi connectivity index (χ1v) is 6.98. The summed E-state index contributed by atoms with van der Waals surface area (Å²) >= 11 is 3.28. The molecule has 0 radical (unpaired) electrons. The number of anilines is 1. The highest BCUT2D eigenvalue weighted by molar-refractivity contribution is 9.10. The molecule has 3 aromatic rings. The van der Waals surface area contributed by atoms with Crippen molar-refractivity contribution >= 4 is 38.6 Å². The maximum atomic E-state index is 12.3. The normalized spacial score (nSPS) is 10.5. The average Bonchev–Trinajstić information content (AvgIpc) is 2.48. The minimum absolute atomic E-state index is 0.317. The zero-order chi connectivity index (χ0) is 14.8. The Bertz CT molecular complexity index is 872. The van der Waals surface area contributed by atoms with E-state index in [2.05, 4.69) is 31.2 Å². The van der Waals surface area contributed by atoms with Crippen LogP contribution in [-0.2, 0) is 0 Å². The highest BCUT2D eigenvalue weighted by atomic mass is 79.9. The third-order valence-corrected chi connectivity index (χ3v) is 3.43. The molecule has 0 saturated heterocycles. The van der Waals surface area contributed by atoms with Crippen LogP contribution in [0.25, 0.3) is 10.9 Å². The van der Waals surface area contributed by atoms with Crippen LogP contribution in [0.5, 0.6) is 0 Å². The van der Waals surface area contributed by atoms with Crippen LogP contribution in [0.2, 0.25) is 0 Å². The molecule has 5 nitrogen and oxygen atoms in total. The van der Waals surface area contributed by atoms with Crippen LogP contribution < -0.4 is 10.9 Å². The number of H-pyrrole nitrogens is 1. The van der Waals surface area contributed by atoms with Gasteiger partial charge in [-0.2, -0.15) is 0 Å². The van der Waals surface area contributed by atoms with Gasteiger partial charge in [0.05, 0.1) is 5.56 Å². The van der Waals surface area contributed by atoms with Gasteiger partial charge in [-0.1, -0.05) is 18.2 Å². The van der Waals surface area contributed by atoms with E-state index >= 15 is 0 Å². The minimum atomic E-state index is -0.368. The minimum Gasteiger partial charge on any atom is -0.322 e. The van der Waals surface area contributed by atoms with Crippen LogP contribution >= 0.6 is 15.9 Å². The fraction of sp³-hybridized carbons (Fsp3) is 0. The lowest BCUT2D eigenvalue weighted by Crippen LogP contribution is -2.17. The van der Waals surface area contributed by atoms with E-state index in [0.717, 1.165) is 4.47 Å². The van der Waals surface area contributed by atoms with Gasteiger partial charge >= 0.3 is 0 Å². The summed E-state index contributed by atoms with van der Waals surface area (Å²) in [6, 6.07) is 11.9. The maximum Gasteiger partial charge on any atom is 0.257 e. The smallest absolute Gasteiger partial charge is 0.257 e. The summed E-state index contributed by atoms with van der Waals surface area (Å²) in [4.78, 5) is 30.8. The van der Waals surface area contributed by atoms with Crippen molar-refractivity contribution in [1.82, 2.24) is 9.97 Å². The van der Waals surface area contributed by atoms with E-state index in [0.29, 0.717) is 22.3 Å². The molecule has 6 heteroatoms. The van der Waals surface area contributed by atoms with Gasteiger partial charge in [-0.25, -0.2) is 4.98 Å². The van der Waals surface area contributed by atoms with E-state index in [-0.39, 0.29) is 11.5 Å². The Balaban J connectivity index is 2.01. The monoisotopic (exact) mass is 343 g/mol. The number of hydrogen-bond donors (Lipinski definition) is 2. The topological polar surface area (TPSA) is 74.8 Å². The third kappa shape index (κ3) is 2.85. The van der Waals surface area contributed by atoms with Crippen molar-refractivity contribution in [3.63, 3.8) is 0 Å². The van der Waals surface area contributed by atoms with Gasteiger partial charge in [-0.05, 0) is 34.1 Å². The molecule has 0 aliphatic rings. The van der Waals surface area contributed by atoms with Crippen LogP contribution in [0, 0.1) is 0 Å². The molecule has 3 rings (SSSR count). The first kappa shape index (κ1) is 13.5. The van der Waals surface area contributed by atoms with Crippen LogP contribution in [0.15, 0.2) is 57.9 Å². The number of nitrogens with one attached hydrogen (secondary N) is 2. The summed E-state index contributed by atoms with van der Waals surface area (Å²) in [5, 5.41) is 3.37. The predicted octanol–water partition coefficient (Wildman–Crippen LogP) is 2.94. The van der Waals surface area contributed by atoms with Crippen molar-refractivity contribution in [2.75, 3.05) is 5.32 Å². The van der Waals surface area contributed by atoms with Gasteiger partial charge in [0, 0.05) is 27.6 Å². The predicted molar refractivity (Wildman–Crippen MR) is 84.5 cm³/mol. The van der Waals surface area contributed by atoms with Crippen molar-refractivity contribution in [2.45, 2.75) is 0 Å². The number of fused-ring (bicyclic) bond motifs is 1. The van der Waals surface area contributed by atoms with Gasteiger partial charge in [0.15, 0.2) is 0 Å². The fourth-order valence-corrected chi connectivity index (χ4v) is 2.26. The Labute approximate surface area is 128 Å². The van der Waals surface area contributed by atoms with E-state index in [9.17, 15) is 9.59 Å². The second-order valence-electron chi connectivity index (χ2n) is 4.41. The molecular weight excluding hydrogens is 334 g/mol. The van der Waals surface area contributed by atoms with Crippen molar-refractivity contribution < 1.29 is 4.79 Å². The molecule has 2 aromatic heterocycles. The van der Waals surface area contributed by atoms with Crippen LogP contribution in [0.1, 0.15) is 10.4 Å². The zero-order valence-electron chi connectivity index (χ0n) is 10.8. The molecule has 0 aliphatic carbocycles. The number of aromatic amines is 1. The maximum absolute atomic E-state index is 12.3. The number of benzene rings is 1. The second kappa shape index (κ2) is 5.49.